The number of hydrogen-bond donors (Lipinski definition) is 2. The molecule has 2 N–H and O–H groups in total. The molecule has 2 amide bonds. The molecule has 23 heavy (non-hydrogen) atoms. The first kappa shape index (κ1) is 17.3. The lowest BCUT2D eigenvalue weighted by atomic mass is 10.2. The molecule has 1 fully saturated rings. The van der Waals surface area contributed by atoms with Crippen molar-refractivity contribution in [2.75, 3.05) is 18.6 Å². The van der Waals surface area contributed by atoms with E-state index in [0.29, 0.717) is 13.0 Å². The summed E-state index contributed by atoms with van der Waals surface area (Å²) in [7, 11) is -1.47. The monoisotopic (exact) mass is 340 g/mol. The zero-order valence-electron chi connectivity index (χ0n) is 12.9. The van der Waals surface area contributed by atoms with Crippen LogP contribution in [0.2, 0.25) is 0 Å². The summed E-state index contributed by atoms with van der Waals surface area (Å²) in [6.45, 7) is 0.313. The molecule has 1 aliphatic heterocycles. The molecule has 1 atom stereocenters. The Labute approximate surface area is 135 Å². The number of carbonyl (C=O) groups excluding carboxylic acids is 2. The minimum Gasteiger partial charge on any atom is -0.497 e. The van der Waals surface area contributed by atoms with Crippen LogP contribution in [0.25, 0.3) is 0 Å². The minimum atomic E-state index is -3.05. The van der Waals surface area contributed by atoms with Gasteiger partial charge in [-0.05, 0) is 24.1 Å². The van der Waals surface area contributed by atoms with Gasteiger partial charge in [0.1, 0.15) is 12.2 Å². The summed E-state index contributed by atoms with van der Waals surface area (Å²) in [4.78, 5) is 23.5. The van der Waals surface area contributed by atoms with E-state index in [2.05, 4.69) is 10.6 Å². The predicted octanol–water partition coefficient (Wildman–Crippen LogP) is 0.00480. The summed E-state index contributed by atoms with van der Waals surface area (Å²) in [5, 5.41) is 5.23. The van der Waals surface area contributed by atoms with Gasteiger partial charge in [0.2, 0.25) is 11.8 Å². The van der Waals surface area contributed by atoms with Gasteiger partial charge in [0.15, 0.2) is 9.84 Å². The molecular formula is C15H20N2O5S. The number of benzene rings is 1. The van der Waals surface area contributed by atoms with Crippen molar-refractivity contribution < 1.29 is 22.7 Å². The van der Waals surface area contributed by atoms with E-state index in [1.54, 1.807) is 19.2 Å². The third-order valence-corrected chi connectivity index (χ3v) is 5.34. The number of carbonyl (C=O) groups is 2. The highest BCUT2D eigenvalue weighted by atomic mass is 32.2. The Hall–Kier alpha value is -2.09. The van der Waals surface area contributed by atoms with Crippen LogP contribution in [0.3, 0.4) is 0 Å². The molecule has 1 unspecified atom stereocenters. The van der Waals surface area contributed by atoms with Crippen molar-refractivity contribution in [3.8, 4) is 5.75 Å². The number of amides is 2. The Bertz CT molecular complexity index is 670. The van der Waals surface area contributed by atoms with Crippen molar-refractivity contribution in [1.82, 2.24) is 10.6 Å². The van der Waals surface area contributed by atoms with Gasteiger partial charge in [-0.15, -0.1) is 0 Å². The highest BCUT2D eigenvalue weighted by Gasteiger charge is 2.29. The summed E-state index contributed by atoms with van der Waals surface area (Å²) in [5.74, 6) is -0.0992. The number of nitrogens with one attached hydrogen (secondary N) is 2. The standard InChI is InChI=1S/C15H20N2O5S/c1-22-13-4-2-11(3-5-13)9-16-14(18)8-15(19)17-12-6-7-23(20,21)10-12/h2-5,12H,6-10H2,1H3,(H,16,18)(H,17,19). The molecule has 0 aliphatic carbocycles. The molecule has 1 aromatic rings. The van der Waals surface area contributed by atoms with E-state index < -0.39 is 21.7 Å². The first-order chi connectivity index (χ1) is 10.9. The zero-order chi connectivity index (χ0) is 16.9. The highest BCUT2D eigenvalue weighted by molar-refractivity contribution is 7.91. The lowest BCUT2D eigenvalue weighted by molar-refractivity contribution is -0.129. The average molecular weight is 340 g/mol. The summed E-state index contributed by atoms with van der Waals surface area (Å²) in [6.07, 6.45) is 0.0915. The maximum absolute atomic E-state index is 11.7. The summed E-state index contributed by atoms with van der Waals surface area (Å²) in [6, 6.07) is 6.83. The van der Waals surface area contributed by atoms with Gasteiger partial charge in [0.05, 0.1) is 18.6 Å². The molecule has 1 aliphatic rings. The fourth-order valence-electron chi connectivity index (χ4n) is 2.34. The molecule has 1 aromatic carbocycles. The Kier molecular flexibility index (Phi) is 5.59. The summed E-state index contributed by atoms with van der Waals surface area (Å²) >= 11 is 0. The number of sulfone groups is 1. The molecule has 8 heteroatoms. The van der Waals surface area contributed by atoms with Gasteiger partial charge in [-0.1, -0.05) is 12.1 Å². The van der Waals surface area contributed by atoms with Crippen LogP contribution >= 0.6 is 0 Å². The van der Waals surface area contributed by atoms with Crippen LogP contribution in [0.5, 0.6) is 5.75 Å². The van der Waals surface area contributed by atoms with Crippen LogP contribution in [0, 0.1) is 0 Å². The SMILES string of the molecule is COc1ccc(CNC(=O)CC(=O)NC2CCS(=O)(=O)C2)cc1. The second kappa shape index (κ2) is 7.45. The average Bonchev–Trinajstić information content (AvgIpc) is 2.84. The smallest absolute Gasteiger partial charge is 0.229 e. The molecule has 0 aromatic heterocycles. The van der Waals surface area contributed by atoms with E-state index in [-0.39, 0.29) is 24.0 Å². The lowest BCUT2D eigenvalue weighted by Crippen LogP contribution is -2.38. The van der Waals surface area contributed by atoms with Crippen LogP contribution in [-0.4, -0.2) is 44.9 Å². The molecule has 1 saturated heterocycles. The maximum atomic E-state index is 11.7. The van der Waals surface area contributed by atoms with Crippen LogP contribution in [0.15, 0.2) is 24.3 Å². The molecule has 0 bridgehead atoms. The molecule has 126 valence electrons. The van der Waals surface area contributed by atoms with E-state index in [1.165, 1.54) is 0 Å². The molecule has 0 saturated carbocycles. The van der Waals surface area contributed by atoms with Gasteiger partial charge in [0.25, 0.3) is 0 Å². The van der Waals surface area contributed by atoms with E-state index in [1.807, 2.05) is 12.1 Å². The lowest BCUT2D eigenvalue weighted by Gasteiger charge is -2.11. The van der Waals surface area contributed by atoms with Gasteiger partial charge in [-0.2, -0.15) is 0 Å². The fourth-order valence-corrected chi connectivity index (χ4v) is 4.01. The number of methoxy groups -OCH3 is 1. The number of rotatable bonds is 6. The summed E-state index contributed by atoms with van der Waals surface area (Å²) in [5.41, 5.74) is 0.890. The van der Waals surface area contributed by atoms with E-state index in [9.17, 15) is 18.0 Å². The Morgan fingerprint density at radius 3 is 2.48 bits per heavy atom. The van der Waals surface area contributed by atoms with Crippen LogP contribution < -0.4 is 15.4 Å². The highest BCUT2D eigenvalue weighted by Crippen LogP contribution is 2.12. The first-order valence-electron chi connectivity index (χ1n) is 7.27. The van der Waals surface area contributed by atoms with Crippen molar-refractivity contribution in [2.24, 2.45) is 0 Å². The van der Waals surface area contributed by atoms with Crippen molar-refractivity contribution in [2.45, 2.75) is 25.4 Å². The molecule has 0 spiro atoms. The normalized spacial score (nSPS) is 19.1. The zero-order valence-corrected chi connectivity index (χ0v) is 13.7. The number of hydrogen-bond acceptors (Lipinski definition) is 5. The van der Waals surface area contributed by atoms with Crippen molar-refractivity contribution in [3.05, 3.63) is 29.8 Å². The topological polar surface area (TPSA) is 102 Å². The minimum absolute atomic E-state index is 0.0494. The van der Waals surface area contributed by atoms with Crippen LogP contribution in [-0.2, 0) is 26.0 Å². The van der Waals surface area contributed by atoms with Gasteiger partial charge in [0, 0.05) is 12.6 Å². The second-order valence-electron chi connectivity index (χ2n) is 5.47. The maximum Gasteiger partial charge on any atom is 0.229 e. The van der Waals surface area contributed by atoms with Crippen LogP contribution in [0.4, 0.5) is 0 Å². The number of ether oxygens (including phenoxy) is 1. The first-order valence-corrected chi connectivity index (χ1v) is 9.09. The Morgan fingerprint density at radius 2 is 1.91 bits per heavy atom. The van der Waals surface area contributed by atoms with Gasteiger partial charge < -0.3 is 15.4 Å². The predicted molar refractivity (Wildman–Crippen MR) is 84.7 cm³/mol. The molecule has 0 radical (unpaired) electrons. The molecular weight excluding hydrogens is 320 g/mol. The Balaban J connectivity index is 1.72. The van der Waals surface area contributed by atoms with Gasteiger partial charge in [-0.25, -0.2) is 8.42 Å². The quantitative estimate of drug-likeness (QED) is 0.710. The molecule has 2 rings (SSSR count). The fraction of sp³-hybridized carbons (Fsp3) is 0.467. The van der Waals surface area contributed by atoms with Crippen molar-refractivity contribution in [1.29, 1.82) is 0 Å². The van der Waals surface area contributed by atoms with Crippen LogP contribution in [0.1, 0.15) is 18.4 Å². The van der Waals surface area contributed by atoms with E-state index in [0.717, 1.165) is 11.3 Å². The summed E-state index contributed by atoms with van der Waals surface area (Å²) < 4.78 is 27.7. The van der Waals surface area contributed by atoms with Crippen molar-refractivity contribution >= 4 is 21.7 Å². The Morgan fingerprint density at radius 1 is 1.22 bits per heavy atom. The largest absolute Gasteiger partial charge is 0.497 e. The molecule has 7 nitrogen and oxygen atoms in total. The van der Waals surface area contributed by atoms with Crippen molar-refractivity contribution in [3.63, 3.8) is 0 Å². The second-order valence-corrected chi connectivity index (χ2v) is 7.70. The third kappa shape index (κ3) is 5.55. The third-order valence-electron chi connectivity index (χ3n) is 3.57. The van der Waals surface area contributed by atoms with E-state index in [4.69, 9.17) is 4.74 Å². The van der Waals surface area contributed by atoms with Gasteiger partial charge in [-0.3, -0.25) is 9.59 Å². The van der Waals surface area contributed by atoms with Gasteiger partial charge >= 0.3 is 0 Å². The molecule has 1 heterocycles. The van der Waals surface area contributed by atoms with E-state index >= 15 is 0 Å².